The van der Waals surface area contributed by atoms with Crippen LogP contribution in [0.4, 0.5) is 0 Å². The predicted molar refractivity (Wildman–Crippen MR) is 74.3 cm³/mol. The van der Waals surface area contributed by atoms with E-state index >= 15 is 0 Å². The molecule has 0 saturated carbocycles. The lowest BCUT2D eigenvalue weighted by Crippen LogP contribution is -2.18. The second-order valence-electron chi connectivity index (χ2n) is 4.20. The molecule has 1 N–H and O–H groups in total. The average molecular weight is 257 g/mol. The SMILES string of the molecule is CC(O)(C#Cc1cccc(Cl)c1)c1ccccc1. The van der Waals surface area contributed by atoms with Gasteiger partial charge in [-0.05, 0) is 30.7 Å². The topological polar surface area (TPSA) is 20.2 Å². The van der Waals surface area contributed by atoms with Crippen molar-refractivity contribution in [3.05, 3.63) is 70.7 Å². The average Bonchev–Trinajstić information content (AvgIpc) is 2.38. The monoisotopic (exact) mass is 256 g/mol. The number of halogens is 1. The molecule has 1 unspecified atom stereocenters. The number of rotatable bonds is 1. The molecule has 1 nitrogen and oxygen atoms in total. The van der Waals surface area contributed by atoms with Gasteiger partial charge in [0.05, 0.1) is 0 Å². The highest BCUT2D eigenvalue weighted by Crippen LogP contribution is 2.19. The largest absolute Gasteiger partial charge is 0.374 e. The Morgan fingerprint density at radius 2 is 1.78 bits per heavy atom. The van der Waals surface area contributed by atoms with Crippen molar-refractivity contribution in [1.29, 1.82) is 0 Å². The normalized spacial score (nSPS) is 13.3. The lowest BCUT2D eigenvalue weighted by Gasteiger charge is -2.16. The molecular weight excluding hydrogens is 244 g/mol. The smallest absolute Gasteiger partial charge is 0.148 e. The molecule has 0 fully saturated rings. The fourth-order valence-corrected chi connectivity index (χ4v) is 1.79. The zero-order chi connectivity index (χ0) is 13.0. The van der Waals surface area contributed by atoms with E-state index in [1.54, 1.807) is 19.1 Å². The first kappa shape index (κ1) is 12.7. The molecular formula is C16H13ClO. The van der Waals surface area contributed by atoms with Gasteiger partial charge in [0.25, 0.3) is 0 Å². The van der Waals surface area contributed by atoms with Crippen molar-refractivity contribution in [3.63, 3.8) is 0 Å². The highest BCUT2D eigenvalue weighted by molar-refractivity contribution is 6.30. The van der Waals surface area contributed by atoms with Crippen LogP contribution in [0, 0.1) is 11.8 Å². The Morgan fingerprint density at radius 3 is 2.44 bits per heavy atom. The summed E-state index contributed by atoms with van der Waals surface area (Å²) in [6, 6.07) is 16.6. The van der Waals surface area contributed by atoms with Gasteiger partial charge in [0.1, 0.15) is 5.60 Å². The van der Waals surface area contributed by atoms with Crippen LogP contribution in [0.15, 0.2) is 54.6 Å². The summed E-state index contributed by atoms with van der Waals surface area (Å²) in [6.45, 7) is 1.68. The van der Waals surface area contributed by atoms with Crippen LogP contribution in [0.3, 0.4) is 0 Å². The van der Waals surface area contributed by atoms with Crippen molar-refractivity contribution in [2.75, 3.05) is 0 Å². The highest BCUT2D eigenvalue weighted by Gasteiger charge is 2.18. The van der Waals surface area contributed by atoms with Gasteiger partial charge in [0.15, 0.2) is 0 Å². The summed E-state index contributed by atoms with van der Waals surface area (Å²) in [7, 11) is 0. The zero-order valence-corrected chi connectivity index (χ0v) is 10.8. The third-order valence-electron chi connectivity index (χ3n) is 2.61. The standard InChI is InChI=1S/C16H13ClO/c1-16(18,14-7-3-2-4-8-14)11-10-13-6-5-9-15(17)12-13/h2-9,12,18H,1H3. The molecule has 18 heavy (non-hydrogen) atoms. The molecule has 0 aliphatic rings. The molecule has 0 radical (unpaired) electrons. The minimum atomic E-state index is -1.16. The van der Waals surface area contributed by atoms with Crippen LogP contribution in [0.5, 0.6) is 0 Å². The first-order valence-corrected chi connectivity index (χ1v) is 6.02. The summed E-state index contributed by atoms with van der Waals surface area (Å²) in [5.74, 6) is 5.81. The maximum Gasteiger partial charge on any atom is 0.148 e. The minimum Gasteiger partial charge on any atom is -0.374 e. The summed E-state index contributed by atoms with van der Waals surface area (Å²) < 4.78 is 0. The second kappa shape index (κ2) is 5.27. The molecule has 2 aromatic rings. The Bertz CT molecular complexity index is 591. The maximum atomic E-state index is 10.3. The number of benzene rings is 2. The number of hydrogen-bond donors (Lipinski definition) is 1. The molecule has 0 saturated heterocycles. The van der Waals surface area contributed by atoms with Crippen LogP contribution in [-0.2, 0) is 5.60 Å². The van der Waals surface area contributed by atoms with E-state index in [2.05, 4.69) is 11.8 Å². The molecule has 2 aromatic carbocycles. The van der Waals surface area contributed by atoms with Crippen molar-refractivity contribution in [3.8, 4) is 11.8 Å². The van der Waals surface area contributed by atoms with E-state index < -0.39 is 5.60 Å². The highest BCUT2D eigenvalue weighted by atomic mass is 35.5. The van der Waals surface area contributed by atoms with E-state index in [9.17, 15) is 5.11 Å². The molecule has 0 aliphatic heterocycles. The van der Waals surface area contributed by atoms with E-state index in [0.29, 0.717) is 5.02 Å². The van der Waals surface area contributed by atoms with E-state index in [0.717, 1.165) is 11.1 Å². The van der Waals surface area contributed by atoms with Crippen molar-refractivity contribution < 1.29 is 5.11 Å². The molecule has 0 amide bonds. The summed E-state index contributed by atoms with van der Waals surface area (Å²) >= 11 is 5.88. The Hall–Kier alpha value is -1.75. The summed E-state index contributed by atoms with van der Waals surface area (Å²) in [6.07, 6.45) is 0. The van der Waals surface area contributed by atoms with E-state index in [4.69, 9.17) is 11.6 Å². The first-order valence-electron chi connectivity index (χ1n) is 5.64. The molecule has 0 heterocycles. The quantitative estimate of drug-likeness (QED) is 0.773. The third kappa shape index (κ3) is 3.13. The van der Waals surface area contributed by atoms with Gasteiger partial charge >= 0.3 is 0 Å². The summed E-state index contributed by atoms with van der Waals surface area (Å²) in [5, 5.41) is 10.9. The van der Waals surface area contributed by atoms with Crippen molar-refractivity contribution >= 4 is 11.6 Å². The molecule has 2 rings (SSSR count). The van der Waals surface area contributed by atoms with Crippen LogP contribution in [0.1, 0.15) is 18.1 Å². The van der Waals surface area contributed by atoms with E-state index in [-0.39, 0.29) is 0 Å². The van der Waals surface area contributed by atoms with Gasteiger partial charge in [-0.15, -0.1) is 0 Å². The number of aliphatic hydroxyl groups is 1. The van der Waals surface area contributed by atoms with E-state index in [1.807, 2.05) is 42.5 Å². The summed E-state index contributed by atoms with van der Waals surface area (Å²) in [5.41, 5.74) is 0.405. The van der Waals surface area contributed by atoms with Gasteiger partial charge in [-0.25, -0.2) is 0 Å². The molecule has 0 aliphatic carbocycles. The van der Waals surface area contributed by atoms with Crippen LogP contribution in [0.25, 0.3) is 0 Å². The third-order valence-corrected chi connectivity index (χ3v) is 2.85. The lowest BCUT2D eigenvalue weighted by molar-refractivity contribution is 0.122. The molecule has 0 aromatic heterocycles. The van der Waals surface area contributed by atoms with Crippen LogP contribution >= 0.6 is 11.6 Å². The second-order valence-corrected chi connectivity index (χ2v) is 4.64. The molecule has 1 atom stereocenters. The van der Waals surface area contributed by atoms with Gasteiger partial charge in [-0.1, -0.05) is 59.8 Å². The predicted octanol–water partition coefficient (Wildman–Crippen LogP) is 3.60. The van der Waals surface area contributed by atoms with Gasteiger partial charge in [-0.2, -0.15) is 0 Å². The Kier molecular flexibility index (Phi) is 3.72. The lowest BCUT2D eigenvalue weighted by atomic mass is 9.96. The van der Waals surface area contributed by atoms with Crippen LogP contribution in [-0.4, -0.2) is 5.11 Å². The molecule has 0 bridgehead atoms. The van der Waals surface area contributed by atoms with Gasteiger partial charge in [-0.3, -0.25) is 0 Å². The molecule has 0 spiro atoms. The first-order chi connectivity index (χ1) is 8.58. The number of hydrogen-bond acceptors (Lipinski definition) is 1. The zero-order valence-electron chi connectivity index (χ0n) is 10.0. The fraction of sp³-hybridized carbons (Fsp3) is 0.125. The van der Waals surface area contributed by atoms with Crippen molar-refractivity contribution in [2.45, 2.75) is 12.5 Å². The Labute approximate surface area is 112 Å². The van der Waals surface area contributed by atoms with Gasteiger partial charge in [0, 0.05) is 10.6 Å². The summed E-state index contributed by atoms with van der Waals surface area (Å²) in [4.78, 5) is 0. The van der Waals surface area contributed by atoms with Gasteiger partial charge in [0.2, 0.25) is 0 Å². The Balaban J connectivity index is 2.29. The van der Waals surface area contributed by atoms with Crippen molar-refractivity contribution in [2.24, 2.45) is 0 Å². The van der Waals surface area contributed by atoms with Crippen molar-refractivity contribution in [1.82, 2.24) is 0 Å². The Morgan fingerprint density at radius 1 is 1.06 bits per heavy atom. The van der Waals surface area contributed by atoms with Gasteiger partial charge < -0.3 is 5.11 Å². The van der Waals surface area contributed by atoms with Crippen LogP contribution in [0.2, 0.25) is 5.02 Å². The molecule has 2 heteroatoms. The fourth-order valence-electron chi connectivity index (χ4n) is 1.59. The van der Waals surface area contributed by atoms with E-state index in [1.165, 1.54) is 0 Å². The minimum absolute atomic E-state index is 0.640. The molecule has 90 valence electrons. The van der Waals surface area contributed by atoms with Crippen LogP contribution < -0.4 is 0 Å². The maximum absolute atomic E-state index is 10.3.